The predicted octanol–water partition coefficient (Wildman–Crippen LogP) is 5.94. The van der Waals surface area contributed by atoms with E-state index in [4.69, 9.17) is 0 Å². The SMILES string of the molecule is CC(C)c1ccnc(NC2CCC2)c1.CCc1cc(C(C)C)ccn1. The van der Waals surface area contributed by atoms with Gasteiger partial charge in [-0.2, -0.15) is 0 Å². The van der Waals surface area contributed by atoms with Crippen molar-refractivity contribution in [1.29, 1.82) is 0 Å². The number of rotatable bonds is 5. The monoisotopic (exact) mass is 339 g/mol. The first-order valence-corrected chi connectivity index (χ1v) is 9.66. The van der Waals surface area contributed by atoms with Gasteiger partial charge < -0.3 is 5.32 Å². The fourth-order valence-electron chi connectivity index (χ4n) is 2.70. The Hall–Kier alpha value is -1.90. The van der Waals surface area contributed by atoms with E-state index in [1.54, 1.807) is 0 Å². The summed E-state index contributed by atoms with van der Waals surface area (Å²) in [5, 5.41) is 3.46. The van der Waals surface area contributed by atoms with Crippen molar-refractivity contribution in [3.63, 3.8) is 0 Å². The molecular formula is C22H33N3. The topological polar surface area (TPSA) is 37.8 Å². The van der Waals surface area contributed by atoms with E-state index in [0.717, 1.165) is 12.2 Å². The van der Waals surface area contributed by atoms with E-state index in [9.17, 15) is 0 Å². The molecule has 3 rings (SSSR count). The summed E-state index contributed by atoms with van der Waals surface area (Å²) in [6, 6.07) is 9.21. The van der Waals surface area contributed by atoms with Gasteiger partial charge in [0.05, 0.1) is 0 Å². The standard InChI is InChI=1S/C12H18N2.C10H15N/c1-9(2)10-6-7-13-12(8-10)14-11-4-3-5-11;1-4-10-7-9(8(2)3)5-6-11-10/h6-9,11H,3-5H2,1-2H3,(H,13,14);5-8H,4H2,1-3H3. The highest BCUT2D eigenvalue weighted by Crippen LogP contribution is 2.23. The summed E-state index contributed by atoms with van der Waals surface area (Å²) in [6.45, 7) is 11.0. The maximum absolute atomic E-state index is 4.33. The molecule has 0 bridgehead atoms. The van der Waals surface area contributed by atoms with Gasteiger partial charge in [0.15, 0.2) is 0 Å². The average molecular weight is 340 g/mol. The predicted molar refractivity (Wildman–Crippen MR) is 107 cm³/mol. The van der Waals surface area contributed by atoms with Crippen molar-refractivity contribution in [1.82, 2.24) is 9.97 Å². The summed E-state index contributed by atoms with van der Waals surface area (Å²) >= 11 is 0. The molecule has 1 saturated carbocycles. The fourth-order valence-corrected chi connectivity index (χ4v) is 2.70. The molecule has 1 aliphatic carbocycles. The van der Waals surface area contributed by atoms with E-state index < -0.39 is 0 Å². The van der Waals surface area contributed by atoms with Gasteiger partial charge in [0.1, 0.15) is 5.82 Å². The molecule has 2 heterocycles. The van der Waals surface area contributed by atoms with Crippen molar-refractivity contribution >= 4 is 5.82 Å². The molecule has 2 aromatic rings. The molecule has 25 heavy (non-hydrogen) atoms. The van der Waals surface area contributed by atoms with Crippen LogP contribution in [0.5, 0.6) is 0 Å². The Balaban J connectivity index is 0.000000186. The lowest BCUT2D eigenvalue weighted by molar-refractivity contribution is 0.444. The molecule has 136 valence electrons. The Labute approximate surface area is 153 Å². The summed E-state index contributed by atoms with van der Waals surface area (Å²) in [4.78, 5) is 8.57. The molecular weight excluding hydrogens is 306 g/mol. The Kier molecular flexibility index (Phi) is 7.42. The minimum absolute atomic E-state index is 0.583. The Morgan fingerprint density at radius 2 is 1.56 bits per heavy atom. The van der Waals surface area contributed by atoms with Gasteiger partial charge in [-0.15, -0.1) is 0 Å². The fraction of sp³-hybridized carbons (Fsp3) is 0.545. The van der Waals surface area contributed by atoms with Crippen LogP contribution in [0.15, 0.2) is 36.7 Å². The molecule has 2 aromatic heterocycles. The van der Waals surface area contributed by atoms with E-state index in [0.29, 0.717) is 17.9 Å². The minimum Gasteiger partial charge on any atom is -0.367 e. The van der Waals surface area contributed by atoms with Gasteiger partial charge >= 0.3 is 0 Å². The Bertz CT molecular complexity index is 645. The number of nitrogens with zero attached hydrogens (tertiary/aromatic N) is 2. The molecule has 1 aliphatic rings. The van der Waals surface area contributed by atoms with E-state index in [1.807, 2.05) is 12.4 Å². The van der Waals surface area contributed by atoms with Crippen molar-refractivity contribution < 1.29 is 0 Å². The van der Waals surface area contributed by atoms with E-state index in [-0.39, 0.29) is 0 Å². The highest BCUT2D eigenvalue weighted by Gasteiger charge is 2.17. The zero-order valence-electron chi connectivity index (χ0n) is 16.4. The smallest absolute Gasteiger partial charge is 0.126 e. The third-order valence-electron chi connectivity index (χ3n) is 4.78. The molecule has 1 fully saturated rings. The normalized spacial score (nSPS) is 14.0. The Morgan fingerprint density at radius 1 is 0.960 bits per heavy atom. The molecule has 0 spiro atoms. The van der Waals surface area contributed by atoms with E-state index in [1.165, 1.54) is 36.1 Å². The maximum Gasteiger partial charge on any atom is 0.126 e. The molecule has 3 nitrogen and oxygen atoms in total. The number of hydrogen-bond donors (Lipinski definition) is 1. The van der Waals surface area contributed by atoms with Crippen LogP contribution in [-0.2, 0) is 6.42 Å². The lowest BCUT2D eigenvalue weighted by Gasteiger charge is -2.27. The first kappa shape index (κ1) is 19.4. The molecule has 1 N–H and O–H groups in total. The molecule has 0 aliphatic heterocycles. The van der Waals surface area contributed by atoms with Gasteiger partial charge in [-0.3, -0.25) is 4.98 Å². The minimum atomic E-state index is 0.583. The number of aryl methyl sites for hydroxylation is 1. The largest absolute Gasteiger partial charge is 0.367 e. The van der Waals surface area contributed by atoms with Gasteiger partial charge in [-0.25, -0.2) is 4.98 Å². The Morgan fingerprint density at radius 3 is 2.08 bits per heavy atom. The maximum atomic E-state index is 4.33. The molecule has 0 unspecified atom stereocenters. The summed E-state index contributed by atoms with van der Waals surface area (Å²) < 4.78 is 0. The lowest BCUT2D eigenvalue weighted by atomic mass is 9.93. The van der Waals surface area contributed by atoms with Gasteiger partial charge in [0, 0.05) is 24.1 Å². The van der Waals surface area contributed by atoms with Crippen LogP contribution in [0.25, 0.3) is 0 Å². The van der Waals surface area contributed by atoms with Gasteiger partial charge in [-0.1, -0.05) is 34.6 Å². The third-order valence-corrected chi connectivity index (χ3v) is 4.78. The van der Waals surface area contributed by atoms with Crippen LogP contribution >= 0.6 is 0 Å². The number of hydrogen-bond acceptors (Lipinski definition) is 3. The van der Waals surface area contributed by atoms with Gasteiger partial charge in [-0.05, 0) is 72.9 Å². The van der Waals surface area contributed by atoms with Crippen molar-refractivity contribution in [3.8, 4) is 0 Å². The van der Waals surface area contributed by atoms with Crippen LogP contribution in [0.4, 0.5) is 5.82 Å². The summed E-state index contributed by atoms with van der Waals surface area (Å²) in [7, 11) is 0. The zero-order valence-corrected chi connectivity index (χ0v) is 16.4. The van der Waals surface area contributed by atoms with Crippen molar-refractivity contribution in [2.75, 3.05) is 5.32 Å². The van der Waals surface area contributed by atoms with Crippen molar-refractivity contribution in [3.05, 3.63) is 53.5 Å². The highest BCUT2D eigenvalue weighted by atomic mass is 15.0. The van der Waals surface area contributed by atoms with Crippen LogP contribution in [0.1, 0.15) is 82.5 Å². The van der Waals surface area contributed by atoms with Gasteiger partial charge in [0.2, 0.25) is 0 Å². The van der Waals surface area contributed by atoms with Crippen LogP contribution in [-0.4, -0.2) is 16.0 Å². The second kappa shape index (κ2) is 9.55. The second-order valence-electron chi connectivity index (χ2n) is 7.49. The molecule has 0 atom stereocenters. The summed E-state index contributed by atoms with van der Waals surface area (Å²) in [6.07, 6.45) is 8.79. The van der Waals surface area contributed by atoms with Crippen LogP contribution in [0, 0.1) is 0 Å². The number of aromatic nitrogens is 2. The molecule has 3 heteroatoms. The van der Waals surface area contributed by atoms with Crippen molar-refractivity contribution in [2.45, 2.75) is 78.2 Å². The van der Waals surface area contributed by atoms with Crippen LogP contribution in [0.2, 0.25) is 0 Å². The van der Waals surface area contributed by atoms with Crippen molar-refractivity contribution in [2.24, 2.45) is 0 Å². The second-order valence-corrected chi connectivity index (χ2v) is 7.49. The average Bonchev–Trinajstić information content (AvgIpc) is 2.59. The zero-order chi connectivity index (χ0) is 18.2. The number of anilines is 1. The molecule has 0 amide bonds. The van der Waals surface area contributed by atoms with E-state index in [2.05, 4.69) is 74.2 Å². The summed E-state index contributed by atoms with van der Waals surface area (Å²) in [5.74, 6) is 2.24. The first-order chi connectivity index (χ1) is 12.0. The quantitative estimate of drug-likeness (QED) is 0.733. The van der Waals surface area contributed by atoms with Gasteiger partial charge in [0.25, 0.3) is 0 Å². The molecule has 0 saturated heterocycles. The lowest BCUT2D eigenvalue weighted by Crippen LogP contribution is -2.27. The number of nitrogens with one attached hydrogen (secondary N) is 1. The summed E-state index contributed by atoms with van der Waals surface area (Å²) in [5.41, 5.74) is 3.94. The van der Waals surface area contributed by atoms with Crippen LogP contribution in [0.3, 0.4) is 0 Å². The third kappa shape index (κ3) is 6.15. The molecule has 0 radical (unpaired) electrons. The first-order valence-electron chi connectivity index (χ1n) is 9.66. The highest BCUT2D eigenvalue weighted by molar-refractivity contribution is 5.39. The molecule has 0 aromatic carbocycles. The van der Waals surface area contributed by atoms with Crippen LogP contribution < -0.4 is 5.32 Å². The number of pyridine rings is 2. The van der Waals surface area contributed by atoms with E-state index >= 15 is 0 Å².